The van der Waals surface area contributed by atoms with Crippen molar-refractivity contribution in [3.05, 3.63) is 0 Å². The van der Waals surface area contributed by atoms with Gasteiger partial charge >= 0.3 is 6.09 Å². The van der Waals surface area contributed by atoms with E-state index in [2.05, 4.69) is 0 Å². The molecule has 1 amide bonds. The molecule has 0 aromatic heterocycles. The molecule has 15 heavy (non-hydrogen) atoms. The molecule has 0 bridgehead atoms. The third-order valence-electron chi connectivity index (χ3n) is 2.29. The molecule has 1 saturated heterocycles. The minimum Gasteiger partial charge on any atom is -0.444 e. The number of nitrogens with two attached hydrogens (primary N) is 1. The van der Waals surface area contributed by atoms with Crippen LogP contribution in [-0.4, -0.2) is 47.3 Å². The maximum Gasteiger partial charge on any atom is 0.410 e. The number of nitrogens with zero attached hydrogens (tertiary/aromatic N) is 2. The van der Waals surface area contributed by atoms with Crippen molar-refractivity contribution in [1.82, 2.24) is 9.91 Å². The molecule has 1 heterocycles. The van der Waals surface area contributed by atoms with Crippen LogP contribution in [0.5, 0.6) is 0 Å². The zero-order valence-corrected chi connectivity index (χ0v) is 9.99. The van der Waals surface area contributed by atoms with Gasteiger partial charge in [-0.3, -0.25) is 5.84 Å². The highest BCUT2D eigenvalue weighted by Gasteiger charge is 2.29. The van der Waals surface area contributed by atoms with Gasteiger partial charge in [0, 0.05) is 25.7 Å². The first kappa shape index (κ1) is 12.3. The average Bonchev–Trinajstić information content (AvgIpc) is 1.99. The van der Waals surface area contributed by atoms with Gasteiger partial charge in [-0.1, -0.05) is 0 Å². The molecule has 1 unspecified atom stereocenters. The van der Waals surface area contributed by atoms with Gasteiger partial charge in [0.15, 0.2) is 0 Å². The highest BCUT2D eigenvalue weighted by atomic mass is 16.6. The number of ether oxygens (including phenoxy) is 1. The first-order valence-electron chi connectivity index (χ1n) is 5.29. The van der Waals surface area contributed by atoms with Crippen LogP contribution in [0.3, 0.4) is 0 Å². The van der Waals surface area contributed by atoms with Crippen molar-refractivity contribution in [3.63, 3.8) is 0 Å². The van der Waals surface area contributed by atoms with Gasteiger partial charge in [-0.25, -0.2) is 9.80 Å². The predicted molar refractivity (Wildman–Crippen MR) is 58.2 cm³/mol. The molecule has 2 N–H and O–H groups in total. The minimum atomic E-state index is -0.434. The number of hydrogen-bond donors (Lipinski definition) is 1. The fourth-order valence-electron chi connectivity index (χ4n) is 1.58. The van der Waals surface area contributed by atoms with Crippen molar-refractivity contribution >= 4 is 6.09 Å². The second-order valence-corrected chi connectivity index (χ2v) is 5.02. The average molecular weight is 215 g/mol. The van der Waals surface area contributed by atoms with Gasteiger partial charge in [0.1, 0.15) is 5.60 Å². The van der Waals surface area contributed by atoms with E-state index >= 15 is 0 Å². The first-order chi connectivity index (χ1) is 6.79. The van der Waals surface area contributed by atoms with Gasteiger partial charge < -0.3 is 9.64 Å². The van der Waals surface area contributed by atoms with Crippen LogP contribution in [0.15, 0.2) is 0 Å². The van der Waals surface area contributed by atoms with E-state index in [1.54, 1.807) is 9.91 Å². The van der Waals surface area contributed by atoms with Crippen molar-refractivity contribution in [2.45, 2.75) is 39.3 Å². The van der Waals surface area contributed by atoms with E-state index in [1.165, 1.54) is 0 Å². The lowest BCUT2D eigenvalue weighted by Crippen LogP contribution is -2.56. The summed E-state index contributed by atoms with van der Waals surface area (Å²) >= 11 is 0. The zero-order chi connectivity index (χ0) is 11.6. The summed E-state index contributed by atoms with van der Waals surface area (Å²) in [5.41, 5.74) is -0.434. The third kappa shape index (κ3) is 3.68. The van der Waals surface area contributed by atoms with E-state index in [-0.39, 0.29) is 12.1 Å². The second-order valence-electron chi connectivity index (χ2n) is 5.02. The molecule has 0 saturated carbocycles. The summed E-state index contributed by atoms with van der Waals surface area (Å²) in [6.45, 7) is 9.61. The van der Waals surface area contributed by atoms with Crippen LogP contribution in [0.25, 0.3) is 0 Å². The van der Waals surface area contributed by atoms with Crippen LogP contribution in [0.4, 0.5) is 4.79 Å². The Hall–Kier alpha value is -0.810. The Morgan fingerprint density at radius 3 is 2.47 bits per heavy atom. The number of carbonyl (C=O) groups is 1. The summed E-state index contributed by atoms with van der Waals surface area (Å²) in [5, 5.41) is 1.73. The van der Waals surface area contributed by atoms with E-state index in [4.69, 9.17) is 10.6 Å². The minimum absolute atomic E-state index is 0.110. The Morgan fingerprint density at radius 2 is 2.00 bits per heavy atom. The van der Waals surface area contributed by atoms with Crippen LogP contribution in [-0.2, 0) is 4.74 Å². The number of hydrazine groups is 1. The molecule has 1 atom stereocenters. The molecule has 0 aromatic rings. The molecule has 5 nitrogen and oxygen atoms in total. The van der Waals surface area contributed by atoms with E-state index in [1.807, 2.05) is 27.7 Å². The lowest BCUT2D eigenvalue weighted by Gasteiger charge is -2.38. The topological polar surface area (TPSA) is 58.8 Å². The van der Waals surface area contributed by atoms with Crippen molar-refractivity contribution in [3.8, 4) is 0 Å². The number of rotatable bonds is 0. The van der Waals surface area contributed by atoms with Gasteiger partial charge in [-0.2, -0.15) is 0 Å². The molecular formula is C10H21N3O2. The molecule has 88 valence electrons. The monoisotopic (exact) mass is 215 g/mol. The van der Waals surface area contributed by atoms with Crippen molar-refractivity contribution in [2.75, 3.05) is 19.6 Å². The first-order valence-corrected chi connectivity index (χ1v) is 5.29. The normalized spacial score (nSPS) is 24.1. The van der Waals surface area contributed by atoms with Gasteiger partial charge in [-0.05, 0) is 27.7 Å². The van der Waals surface area contributed by atoms with Crippen molar-refractivity contribution in [1.29, 1.82) is 0 Å². The quantitative estimate of drug-likeness (QED) is 0.607. The summed E-state index contributed by atoms with van der Waals surface area (Å²) in [4.78, 5) is 13.5. The van der Waals surface area contributed by atoms with Gasteiger partial charge in [0.2, 0.25) is 0 Å². The van der Waals surface area contributed by atoms with Crippen LogP contribution in [0.2, 0.25) is 0 Å². The molecule has 5 heteroatoms. The van der Waals surface area contributed by atoms with Crippen molar-refractivity contribution in [2.24, 2.45) is 5.84 Å². The summed E-state index contributed by atoms with van der Waals surface area (Å²) in [6.07, 6.45) is -0.247. The number of amides is 1. The van der Waals surface area contributed by atoms with E-state index < -0.39 is 5.60 Å². The van der Waals surface area contributed by atoms with Crippen LogP contribution < -0.4 is 5.84 Å². The van der Waals surface area contributed by atoms with Crippen molar-refractivity contribution < 1.29 is 9.53 Å². The van der Waals surface area contributed by atoms with Crippen LogP contribution >= 0.6 is 0 Å². The van der Waals surface area contributed by atoms with Crippen LogP contribution in [0, 0.1) is 0 Å². The fourth-order valence-corrected chi connectivity index (χ4v) is 1.58. The summed E-state index contributed by atoms with van der Waals surface area (Å²) in [6, 6.07) is 0.110. The largest absolute Gasteiger partial charge is 0.444 e. The van der Waals surface area contributed by atoms with E-state index in [0.717, 1.165) is 0 Å². The number of piperazine rings is 1. The summed E-state index contributed by atoms with van der Waals surface area (Å²) in [7, 11) is 0. The Morgan fingerprint density at radius 1 is 1.40 bits per heavy atom. The summed E-state index contributed by atoms with van der Waals surface area (Å²) < 4.78 is 5.31. The van der Waals surface area contributed by atoms with Gasteiger partial charge in [-0.15, -0.1) is 0 Å². The Labute approximate surface area is 91.1 Å². The van der Waals surface area contributed by atoms with E-state index in [9.17, 15) is 4.79 Å². The highest BCUT2D eigenvalue weighted by Crippen LogP contribution is 2.14. The SMILES string of the molecule is CC1CN(N)CCN1C(=O)OC(C)(C)C. The Kier molecular flexibility index (Phi) is 3.57. The Balaban J connectivity index is 2.53. The molecule has 1 rings (SSSR count). The molecule has 0 spiro atoms. The second kappa shape index (κ2) is 4.37. The lowest BCUT2D eigenvalue weighted by atomic mass is 10.2. The smallest absolute Gasteiger partial charge is 0.410 e. The molecule has 0 aliphatic carbocycles. The predicted octanol–water partition coefficient (Wildman–Crippen LogP) is 0.801. The number of carbonyl (C=O) groups excluding carboxylic acids is 1. The van der Waals surface area contributed by atoms with Crippen LogP contribution in [0.1, 0.15) is 27.7 Å². The molecule has 1 aliphatic rings. The van der Waals surface area contributed by atoms with E-state index in [0.29, 0.717) is 19.6 Å². The standard InChI is InChI=1S/C10H21N3O2/c1-8-7-12(11)5-6-13(8)9(14)15-10(2,3)4/h8H,5-7,11H2,1-4H3. The molecule has 0 radical (unpaired) electrons. The van der Waals surface area contributed by atoms with Gasteiger partial charge in [0.05, 0.1) is 0 Å². The maximum atomic E-state index is 11.8. The van der Waals surface area contributed by atoms with Gasteiger partial charge in [0.25, 0.3) is 0 Å². The molecule has 1 fully saturated rings. The highest BCUT2D eigenvalue weighted by molar-refractivity contribution is 5.68. The molecule has 1 aliphatic heterocycles. The third-order valence-corrected chi connectivity index (χ3v) is 2.29. The molecule has 0 aromatic carbocycles. The molecular weight excluding hydrogens is 194 g/mol. The fraction of sp³-hybridized carbons (Fsp3) is 0.900. The summed E-state index contributed by atoms with van der Waals surface area (Å²) in [5.74, 6) is 5.67. The maximum absolute atomic E-state index is 11.8. The zero-order valence-electron chi connectivity index (χ0n) is 9.99. The Bertz CT molecular complexity index is 237. The lowest BCUT2D eigenvalue weighted by molar-refractivity contribution is 0.00146. The number of hydrogen-bond acceptors (Lipinski definition) is 4.